The van der Waals surface area contributed by atoms with Gasteiger partial charge in [-0.05, 0) is 0 Å². The van der Waals surface area contributed by atoms with E-state index in [0.29, 0.717) is 0 Å². The van der Waals surface area contributed by atoms with Gasteiger partial charge in [0.15, 0.2) is 0 Å². The summed E-state index contributed by atoms with van der Waals surface area (Å²) >= 11 is -7.34. The van der Waals surface area contributed by atoms with Gasteiger partial charge in [-0.15, -0.1) is 0 Å². The molecule has 4 heteroatoms. The van der Waals surface area contributed by atoms with Crippen molar-refractivity contribution in [2.45, 2.75) is 72.6 Å². The summed E-state index contributed by atoms with van der Waals surface area (Å²) in [6.07, 6.45) is 6.92. The van der Waals surface area contributed by atoms with Gasteiger partial charge >= 0.3 is 218 Å². The molecule has 0 radical (unpaired) electrons. The summed E-state index contributed by atoms with van der Waals surface area (Å²) in [4.78, 5) is 0. The van der Waals surface area contributed by atoms with Crippen LogP contribution in [0.3, 0.4) is 0 Å². The van der Waals surface area contributed by atoms with Crippen LogP contribution >= 0.6 is 0 Å². The number of hydrogen-bond acceptors (Lipinski definition) is 0. The van der Waals surface area contributed by atoms with Gasteiger partial charge in [0.2, 0.25) is 0 Å². The van der Waals surface area contributed by atoms with Crippen molar-refractivity contribution in [3.63, 3.8) is 0 Å². The molecule has 184 valence electrons. The fourth-order valence-electron chi connectivity index (χ4n) is 4.36. The average molecular weight is 678 g/mol. The number of benzene rings is 3. The van der Waals surface area contributed by atoms with Crippen molar-refractivity contribution in [2.24, 2.45) is 0 Å². The Labute approximate surface area is 216 Å². The summed E-state index contributed by atoms with van der Waals surface area (Å²) in [5, 5.41) is 0. The molecule has 0 amide bonds. The third-order valence-electron chi connectivity index (χ3n) is 6.45. The van der Waals surface area contributed by atoms with Crippen LogP contribution in [0.15, 0.2) is 91.0 Å². The van der Waals surface area contributed by atoms with Gasteiger partial charge in [0.25, 0.3) is 0 Å². The number of halogens is 2. The molecular formula is C30H42F2Sn2. The van der Waals surface area contributed by atoms with Crippen LogP contribution in [0.5, 0.6) is 0 Å². The zero-order valence-electron chi connectivity index (χ0n) is 21.3. The Morgan fingerprint density at radius 2 is 0.735 bits per heavy atom. The van der Waals surface area contributed by atoms with Crippen LogP contribution < -0.4 is 10.7 Å². The van der Waals surface area contributed by atoms with E-state index in [1.54, 1.807) is 0 Å². The average Bonchev–Trinajstić information content (AvgIpc) is 2.91. The molecule has 0 spiro atoms. The summed E-state index contributed by atoms with van der Waals surface area (Å²) < 4.78 is 36.3. The second kappa shape index (κ2) is 16.0. The molecule has 0 aliphatic heterocycles. The maximum atomic E-state index is 16.2. The van der Waals surface area contributed by atoms with E-state index < -0.39 is 37.9 Å². The molecule has 34 heavy (non-hydrogen) atoms. The maximum absolute atomic E-state index is 16.2. The number of hydrogen-bond donors (Lipinski definition) is 0. The summed E-state index contributed by atoms with van der Waals surface area (Å²) in [6.45, 7) is 6.52. The summed E-state index contributed by atoms with van der Waals surface area (Å²) in [5.74, 6) is 0. The molecule has 0 atom stereocenters. The van der Waals surface area contributed by atoms with E-state index in [4.69, 9.17) is 0 Å². The Kier molecular flexibility index (Phi) is 13.8. The molecule has 0 aliphatic carbocycles. The fraction of sp³-hybridized carbons (Fsp3) is 0.400. The standard InChI is InChI=1S/3C6H5.3C4H9.2FH.2Sn/c3*1-2-4-6-5-3-1;3*1-3-4-2;;;;/h3*1-5H;3*1,3-4H2,2H3;2*1H;;/q;;;;;;;;2*+1/p-2. The topological polar surface area (TPSA) is 0 Å². The van der Waals surface area contributed by atoms with Crippen molar-refractivity contribution in [1.29, 1.82) is 0 Å². The first-order valence-electron chi connectivity index (χ1n) is 13.0. The Morgan fingerprint density at radius 1 is 0.471 bits per heavy atom. The van der Waals surface area contributed by atoms with Gasteiger partial charge in [-0.2, -0.15) is 0 Å². The van der Waals surface area contributed by atoms with E-state index >= 15 is 2.87 Å². The van der Waals surface area contributed by atoms with Gasteiger partial charge in [-0.1, -0.05) is 0 Å². The van der Waals surface area contributed by atoms with Gasteiger partial charge in [-0.3, -0.25) is 0 Å². The molecule has 0 N–H and O–H groups in total. The van der Waals surface area contributed by atoms with Crippen LogP contribution in [0.25, 0.3) is 0 Å². The van der Waals surface area contributed by atoms with Crippen molar-refractivity contribution in [3.05, 3.63) is 91.0 Å². The van der Waals surface area contributed by atoms with Gasteiger partial charge in [-0.25, -0.2) is 0 Å². The van der Waals surface area contributed by atoms with E-state index in [9.17, 15) is 2.87 Å². The van der Waals surface area contributed by atoms with E-state index in [0.717, 1.165) is 43.3 Å². The third-order valence-corrected chi connectivity index (χ3v) is 26.8. The van der Waals surface area contributed by atoms with E-state index in [1.807, 2.05) is 91.0 Å². The Balaban J connectivity index is 0.000000259. The van der Waals surface area contributed by atoms with Gasteiger partial charge < -0.3 is 0 Å². The van der Waals surface area contributed by atoms with E-state index in [1.165, 1.54) is 19.3 Å². The minimum absolute atomic E-state index is 0.860. The van der Waals surface area contributed by atoms with E-state index in [2.05, 4.69) is 20.8 Å². The van der Waals surface area contributed by atoms with Crippen LogP contribution in [-0.2, 0) is 0 Å². The fourth-order valence-corrected chi connectivity index (χ4v) is 23.4. The molecule has 0 aromatic heterocycles. The molecule has 0 unspecified atom stereocenters. The molecule has 0 heterocycles. The molecule has 3 aromatic rings. The van der Waals surface area contributed by atoms with Crippen molar-refractivity contribution in [2.75, 3.05) is 0 Å². The predicted octanol–water partition coefficient (Wildman–Crippen LogP) is 7.92. The second-order valence-electron chi connectivity index (χ2n) is 9.22. The molecule has 0 nitrogen and oxygen atoms in total. The monoisotopic (exact) mass is 680 g/mol. The summed E-state index contributed by atoms with van der Waals surface area (Å²) in [5.41, 5.74) is 0. The zero-order valence-corrected chi connectivity index (χ0v) is 27.0. The second-order valence-corrected chi connectivity index (χ2v) is 28.8. The minimum atomic E-state index is -4.28. The van der Waals surface area contributed by atoms with Gasteiger partial charge in [0.05, 0.1) is 0 Å². The van der Waals surface area contributed by atoms with Crippen LogP contribution in [0.1, 0.15) is 59.3 Å². The van der Waals surface area contributed by atoms with Crippen LogP contribution in [0, 0.1) is 0 Å². The van der Waals surface area contributed by atoms with Gasteiger partial charge in [0, 0.05) is 0 Å². The molecule has 0 aliphatic rings. The quantitative estimate of drug-likeness (QED) is 0.171. The van der Waals surface area contributed by atoms with Crippen LogP contribution in [0.4, 0.5) is 5.73 Å². The molecule has 0 fully saturated rings. The van der Waals surface area contributed by atoms with Crippen LogP contribution in [0.2, 0.25) is 13.3 Å². The third kappa shape index (κ3) is 8.96. The van der Waals surface area contributed by atoms with Crippen molar-refractivity contribution in [1.82, 2.24) is 0 Å². The zero-order chi connectivity index (χ0) is 24.7. The first-order valence-corrected chi connectivity index (χ1v) is 25.5. The Bertz CT molecular complexity index is 782. The van der Waals surface area contributed by atoms with Gasteiger partial charge in [0.1, 0.15) is 0 Å². The SMILES string of the molecule is CCC[CH2][Sn]([F])([CH2]CCC)[CH2]CCC.[F][Sn]([c]1ccccc1)([c]1ccccc1)[c]1ccccc1. The molecule has 3 aromatic carbocycles. The van der Waals surface area contributed by atoms with E-state index in [-0.39, 0.29) is 0 Å². The molecular weight excluding hydrogens is 636 g/mol. The first kappa shape index (κ1) is 29.3. The van der Waals surface area contributed by atoms with Crippen molar-refractivity contribution >= 4 is 48.6 Å². The normalized spacial score (nSPS) is 11.6. The predicted molar refractivity (Wildman–Crippen MR) is 151 cm³/mol. The number of rotatable bonds is 12. The van der Waals surface area contributed by atoms with Crippen molar-refractivity contribution < 1.29 is 5.73 Å². The molecule has 3 rings (SSSR count). The molecule has 0 bridgehead atoms. The molecule has 0 saturated heterocycles. The summed E-state index contributed by atoms with van der Waals surface area (Å²) in [7, 11) is 0. The Hall–Kier alpha value is -0.883. The van der Waals surface area contributed by atoms with Crippen molar-refractivity contribution in [3.8, 4) is 0 Å². The Morgan fingerprint density at radius 3 is 0.971 bits per heavy atom. The number of unbranched alkanes of at least 4 members (excludes halogenated alkanes) is 3. The summed E-state index contributed by atoms with van der Waals surface area (Å²) in [6, 6.07) is 28.9. The van der Waals surface area contributed by atoms with Crippen LogP contribution in [-0.4, -0.2) is 37.9 Å². The molecule has 0 saturated carbocycles. The first-order chi connectivity index (χ1) is 16.5.